The molecule has 5 saturated carbocycles. The smallest absolute Gasteiger partial charge is 0.416 e. The van der Waals surface area contributed by atoms with Crippen molar-refractivity contribution in [2.75, 3.05) is 13.2 Å². The highest BCUT2D eigenvalue weighted by Crippen LogP contribution is 2.38. The molecule has 13 nitrogen and oxygen atoms in total. The molecule has 0 saturated heterocycles. The highest BCUT2D eigenvalue weighted by molar-refractivity contribution is 6.30. The molecule has 0 bridgehead atoms. The summed E-state index contributed by atoms with van der Waals surface area (Å²) in [4.78, 5) is 113. The van der Waals surface area contributed by atoms with Gasteiger partial charge in [-0.2, -0.15) is 26.3 Å². The third-order valence-corrected chi connectivity index (χ3v) is 16.0. The zero-order chi connectivity index (χ0) is 65.5. The van der Waals surface area contributed by atoms with Gasteiger partial charge in [0.2, 0.25) is 0 Å². The number of Topliss-reactive ketones (excluding diaryl/α,β-unsaturated/α-hetero) is 10. The van der Waals surface area contributed by atoms with E-state index < -0.39 is 29.4 Å². The first-order valence-electron chi connectivity index (χ1n) is 29.9. The molecule has 2 atom stereocenters. The maximum absolute atomic E-state index is 12.8. The number of para-hydroxylation sites is 2. The summed E-state index contributed by atoms with van der Waals surface area (Å²) in [7, 11) is 0. The fourth-order valence-electron chi connectivity index (χ4n) is 11.4. The van der Waals surface area contributed by atoms with Gasteiger partial charge in [0.25, 0.3) is 0 Å². The molecule has 480 valence electrons. The predicted octanol–water partition coefficient (Wildman–Crippen LogP) is 14.4. The monoisotopic (exact) mass is 1270 g/mol. The Kier molecular flexibility index (Phi) is 27.1. The fourth-order valence-corrected chi connectivity index (χ4v) is 11.6. The van der Waals surface area contributed by atoms with Crippen molar-refractivity contribution < 1.29 is 88.5 Å². The van der Waals surface area contributed by atoms with Gasteiger partial charge >= 0.3 is 12.4 Å². The van der Waals surface area contributed by atoms with E-state index in [2.05, 4.69) is 19.1 Å². The lowest BCUT2D eigenvalue weighted by Crippen LogP contribution is -2.32. The first-order chi connectivity index (χ1) is 42.6. The highest BCUT2D eigenvalue weighted by atomic mass is 35.5. The Labute approximate surface area is 524 Å². The molecule has 5 aliphatic rings. The Bertz CT molecular complexity index is 3180. The number of carbonyl (C=O) groups excluding carboxylic acids is 10. The van der Waals surface area contributed by atoms with Gasteiger partial charge in [-0.15, -0.1) is 0 Å². The first kappa shape index (κ1) is 71.1. The lowest BCUT2D eigenvalue weighted by Gasteiger charge is -2.26. The Morgan fingerprint density at radius 1 is 0.422 bits per heavy atom. The van der Waals surface area contributed by atoms with Crippen LogP contribution in [0.25, 0.3) is 0 Å². The van der Waals surface area contributed by atoms with Crippen LogP contribution in [-0.2, 0) is 66.7 Å². The summed E-state index contributed by atoms with van der Waals surface area (Å²) in [6.45, 7) is 5.00. The van der Waals surface area contributed by atoms with Crippen molar-refractivity contribution in [3.8, 4) is 17.2 Å². The van der Waals surface area contributed by atoms with Gasteiger partial charge in [0.05, 0.1) is 62.5 Å². The van der Waals surface area contributed by atoms with Crippen LogP contribution < -0.4 is 14.2 Å². The van der Waals surface area contributed by atoms with Crippen LogP contribution in [0.1, 0.15) is 145 Å². The van der Waals surface area contributed by atoms with E-state index in [-0.39, 0.29) is 157 Å². The number of hydrogen-bond donors (Lipinski definition) is 0. The zero-order valence-corrected chi connectivity index (χ0v) is 50.9. The average Bonchev–Trinajstić information content (AvgIpc) is 1.04. The SMILES string of the molecule is CC(Oc1cccc(Cl)c1)C1CC(=O)CC(=O)C1.C[C@@H](c1ccccc1)C1CC(=O)CC(=O)C1.O=C1CC(=O)CC(CCOc2ccccc2)C1.O=C1CC(=O)CC(COc2ccccc2)C1.O=C1CC(=O)CC(Cc2cc(C(F)(F)F)cc(C(F)(F)F)c2)C1. The van der Waals surface area contributed by atoms with E-state index in [0.717, 1.165) is 17.9 Å². The van der Waals surface area contributed by atoms with Crippen molar-refractivity contribution >= 4 is 69.4 Å². The van der Waals surface area contributed by atoms with Crippen molar-refractivity contribution in [3.05, 3.63) is 161 Å². The zero-order valence-electron chi connectivity index (χ0n) is 50.1. The van der Waals surface area contributed by atoms with Crippen molar-refractivity contribution in [1.29, 1.82) is 0 Å². The van der Waals surface area contributed by atoms with Crippen molar-refractivity contribution in [3.63, 3.8) is 0 Å². The van der Waals surface area contributed by atoms with Gasteiger partial charge in [-0.3, -0.25) is 47.9 Å². The van der Waals surface area contributed by atoms with Crippen LogP contribution in [0.4, 0.5) is 26.3 Å². The molecule has 1 unspecified atom stereocenters. The van der Waals surface area contributed by atoms with Crippen molar-refractivity contribution in [1.82, 2.24) is 0 Å². The number of ether oxygens (including phenoxy) is 3. The summed E-state index contributed by atoms with van der Waals surface area (Å²) >= 11 is 5.87. The number of hydrogen-bond acceptors (Lipinski definition) is 13. The van der Waals surface area contributed by atoms with Crippen LogP contribution in [0.5, 0.6) is 17.2 Å². The predicted molar refractivity (Wildman–Crippen MR) is 322 cm³/mol. The van der Waals surface area contributed by atoms with Crippen LogP contribution in [-0.4, -0.2) is 77.2 Å². The maximum Gasteiger partial charge on any atom is 0.416 e. The van der Waals surface area contributed by atoms with Crippen molar-refractivity contribution in [2.45, 2.75) is 147 Å². The van der Waals surface area contributed by atoms with Crippen LogP contribution in [0.2, 0.25) is 5.02 Å². The maximum atomic E-state index is 12.8. The van der Waals surface area contributed by atoms with Crippen molar-refractivity contribution in [2.24, 2.45) is 29.6 Å². The van der Waals surface area contributed by atoms with E-state index in [1.165, 1.54) is 5.56 Å². The van der Waals surface area contributed by atoms with E-state index in [9.17, 15) is 74.3 Å². The number of ketones is 10. The summed E-state index contributed by atoms with van der Waals surface area (Å²) in [6.07, 6.45) is -5.18. The Hall–Kier alpha value is -7.93. The van der Waals surface area contributed by atoms with Gasteiger partial charge in [-0.1, -0.05) is 91.3 Å². The lowest BCUT2D eigenvalue weighted by atomic mass is 9.77. The Morgan fingerprint density at radius 3 is 1.23 bits per heavy atom. The number of benzene rings is 5. The van der Waals surface area contributed by atoms with E-state index in [1.54, 1.807) is 12.1 Å². The normalized spacial score (nSPS) is 18.1. The van der Waals surface area contributed by atoms with Gasteiger partial charge in [0, 0.05) is 81.1 Å². The van der Waals surface area contributed by atoms with Gasteiger partial charge in [0.15, 0.2) is 0 Å². The van der Waals surface area contributed by atoms with Gasteiger partial charge < -0.3 is 14.2 Å². The molecule has 0 N–H and O–H groups in total. The number of halogens is 7. The molecule has 5 fully saturated rings. The molecular weight excluding hydrogens is 1200 g/mol. The second-order valence-corrected chi connectivity index (χ2v) is 24.0. The van der Waals surface area contributed by atoms with Crippen LogP contribution in [0.15, 0.2) is 133 Å². The molecule has 0 amide bonds. The Morgan fingerprint density at radius 2 is 0.800 bits per heavy atom. The third-order valence-electron chi connectivity index (χ3n) is 15.8. The second-order valence-electron chi connectivity index (χ2n) is 23.6. The highest BCUT2D eigenvalue weighted by Gasteiger charge is 2.38. The molecule has 20 heteroatoms. The van der Waals surface area contributed by atoms with Crippen LogP contribution in [0.3, 0.4) is 0 Å². The number of rotatable bonds is 14. The molecule has 5 aliphatic carbocycles. The van der Waals surface area contributed by atoms with Gasteiger partial charge in [-0.25, -0.2) is 0 Å². The summed E-state index contributed by atoms with van der Waals surface area (Å²) in [6, 6.07) is 37.6. The molecule has 0 heterocycles. The van der Waals surface area contributed by atoms with Gasteiger partial charge in [0.1, 0.15) is 75.1 Å². The third kappa shape index (κ3) is 25.2. The molecule has 0 spiro atoms. The van der Waals surface area contributed by atoms with E-state index in [0.29, 0.717) is 87.5 Å². The fraction of sp³-hybridized carbons (Fsp3) is 0.429. The topological polar surface area (TPSA) is 198 Å². The largest absolute Gasteiger partial charge is 0.494 e. The van der Waals surface area contributed by atoms with E-state index in [4.69, 9.17) is 25.8 Å². The summed E-state index contributed by atoms with van der Waals surface area (Å²) in [5, 5.41) is 0.607. The minimum absolute atomic E-state index is 0.0106. The molecule has 90 heavy (non-hydrogen) atoms. The minimum atomic E-state index is -4.91. The van der Waals surface area contributed by atoms with Crippen LogP contribution >= 0.6 is 11.6 Å². The first-order valence-corrected chi connectivity index (χ1v) is 30.3. The molecular formula is C70H73ClF6O13. The molecule has 5 aromatic carbocycles. The number of alkyl halides is 6. The quantitative estimate of drug-likeness (QED) is 0.0752. The second kappa shape index (κ2) is 34.3. The molecule has 0 aromatic heterocycles. The standard InChI is InChI=1S/C15H12F6O2.C14H15ClO3.C14H16O3.C14H16O2.C13H14O3/c16-14(17,18)10-2-8(3-11(6-10)15(19,20)21)1-9-4-12(22)7-13(23)5-9;1-9(10-5-12(16)8-13(17)6-10)18-14-4-2-3-11(15)7-14;15-12-8-11(9-13(16)10-12)6-7-17-14-4-2-1-3-5-14;1-10(11-5-3-2-4-6-11)12-7-13(15)9-14(16)8-12;14-11-6-10(7-12(15)8-11)9-16-13-4-2-1-3-5-13/h2-3,6,9H,1,4-5,7H2;2-4,7,9-10H,5-6,8H2,1H3;1-5,11H,6-10H2;2-6,10,12H,7-9H2,1H3;1-5,10H,6-9H2/t;;;10-;/m...0./s1. The average molecular weight is 1270 g/mol. The van der Waals surface area contributed by atoms with E-state index >= 15 is 0 Å². The van der Waals surface area contributed by atoms with E-state index in [1.807, 2.05) is 97.9 Å². The summed E-state index contributed by atoms with van der Waals surface area (Å²) < 4.78 is 93.4. The lowest BCUT2D eigenvalue weighted by molar-refractivity contribution is -0.144. The summed E-state index contributed by atoms with van der Waals surface area (Å²) in [5.41, 5.74) is -1.75. The van der Waals surface area contributed by atoms with Crippen LogP contribution in [0, 0.1) is 29.6 Å². The summed E-state index contributed by atoms with van der Waals surface area (Å²) in [5.74, 6) is 2.17. The molecule has 10 rings (SSSR count). The number of carbonyl (C=O) groups is 10. The minimum Gasteiger partial charge on any atom is -0.494 e. The molecule has 0 radical (unpaired) electrons. The molecule has 0 aliphatic heterocycles. The Balaban J connectivity index is 0.000000180. The van der Waals surface area contributed by atoms with Gasteiger partial charge in [-0.05, 0) is 115 Å². The molecule has 5 aromatic rings.